The summed E-state index contributed by atoms with van der Waals surface area (Å²) in [6.07, 6.45) is 0.778. The first-order valence-corrected chi connectivity index (χ1v) is 13.9. The number of amides is 2. The van der Waals surface area contributed by atoms with Crippen molar-refractivity contribution >= 4 is 52.4 Å². The van der Waals surface area contributed by atoms with Crippen molar-refractivity contribution in [1.29, 1.82) is 0 Å². The summed E-state index contributed by atoms with van der Waals surface area (Å²) in [7, 11) is 0. The lowest BCUT2D eigenvalue weighted by Crippen LogP contribution is -2.50. The van der Waals surface area contributed by atoms with Crippen LogP contribution >= 0.6 is 23.2 Å². The average molecular weight is 594 g/mol. The van der Waals surface area contributed by atoms with E-state index in [4.69, 9.17) is 27.9 Å². The molecular weight excluding hydrogens is 559 g/mol. The summed E-state index contributed by atoms with van der Waals surface area (Å²) >= 11 is 12.3. The third-order valence-electron chi connectivity index (χ3n) is 7.19. The highest BCUT2D eigenvalue weighted by Gasteiger charge is 2.36. The number of ether oxygens (including phenoxy) is 1. The van der Waals surface area contributed by atoms with Crippen molar-refractivity contribution in [2.45, 2.75) is 57.4 Å². The molecule has 2 fully saturated rings. The Morgan fingerprint density at radius 3 is 2.30 bits per heavy atom. The number of aliphatic hydroxyl groups is 1. The number of halogens is 2. The Morgan fingerprint density at radius 2 is 1.70 bits per heavy atom. The number of nitrogens with one attached hydrogen (secondary N) is 2. The molecule has 2 saturated heterocycles. The minimum absolute atomic E-state index is 0.0282. The van der Waals surface area contributed by atoms with Gasteiger partial charge >= 0.3 is 5.97 Å². The lowest BCUT2D eigenvalue weighted by Gasteiger charge is -2.34. The van der Waals surface area contributed by atoms with E-state index in [1.165, 1.54) is 26.8 Å². The molecular formula is C28H34Cl2N4O6. The van der Waals surface area contributed by atoms with Crippen molar-refractivity contribution in [1.82, 2.24) is 10.2 Å². The first-order valence-electron chi connectivity index (χ1n) is 13.1. The number of piperidine rings is 1. The number of anilines is 2. The van der Waals surface area contributed by atoms with Gasteiger partial charge in [0.2, 0.25) is 5.91 Å². The highest BCUT2D eigenvalue weighted by Crippen LogP contribution is 2.39. The fourth-order valence-corrected chi connectivity index (χ4v) is 5.29. The smallest absolute Gasteiger partial charge is 0.347 e. The summed E-state index contributed by atoms with van der Waals surface area (Å²) in [5.41, 5.74) is 0.0579. The Labute approximate surface area is 243 Å². The van der Waals surface area contributed by atoms with E-state index in [0.29, 0.717) is 41.6 Å². The van der Waals surface area contributed by atoms with E-state index in [1.54, 1.807) is 30.3 Å². The molecule has 4 N–H and O–H groups in total. The monoisotopic (exact) mass is 592 g/mol. The number of aliphatic carboxylic acids is 1. The minimum atomic E-state index is -1.53. The first-order chi connectivity index (χ1) is 18.8. The maximum absolute atomic E-state index is 12.8. The van der Waals surface area contributed by atoms with Gasteiger partial charge in [0.25, 0.3) is 5.91 Å². The second-order valence-corrected chi connectivity index (χ2v) is 11.6. The maximum atomic E-state index is 12.8. The molecule has 0 spiro atoms. The molecule has 0 bridgehead atoms. The van der Waals surface area contributed by atoms with E-state index in [9.17, 15) is 24.6 Å². The van der Waals surface area contributed by atoms with Crippen LogP contribution in [0.15, 0.2) is 36.4 Å². The van der Waals surface area contributed by atoms with Crippen molar-refractivity contribution in [3.05, 3.63) is 52.0 Å². The van der Waals surface area contributed by atoms with Gasteiger partial charge in [-0.3, -0.25) is 9.59 Å². The zero-order chi connectivity index (χ0) is 29.2. The van der Waals surface area contributed by atoms with Crippen LogP contribution in [0, 0.1) is 0 Å². The molecule has 0 aliphatic carbocycles. The number of likely N-dealkylation sites (tertiary alicyclic amines) is 1. The molecule has 0 aromatic heterocycles. The summed E-state index contributed by atoms with van der Waals surface area (Å²) in [4.78, 5) is 40.1. The van der Waals surface area contributed by atoms with E-state index in [-0.39, 0.29) is 41.2 Å². The van der Waals surface area contributed by atoms with Gasteiger partial charge in [0.1, 0.15) is 5.75 Å². The summed E-state index contributed by atoms with van der Waals surface area (Å²) in [6, 6.07) is 9.83. The molecule has 1 unspecified atom stereocenters. The Bertz CT molecular complexity index is 1260. The van der Waals surface area contributed by atoms with Crippen LogP contribution in [-0.4, -0.2) is 82.9 Å². The number of nitrogens with zero attached hydrogens (tertiary/aromatic N) is 2. The molecule has 2 aliphatic heterocycles. The van der Waals surface area contributed by atoms with Crippen molar-refractivity contribution in [3.63, 3.8) is 0 Å². The van der Waals surface area contributed by atoms with Crippen molar-refractivity contribution in [3.8, 4) is 5.75 Å². The molecule has 2 atom stereocenters. The maximum Gasteiger partial charge on any atom is 0.347 e. The van der Waals surface area contributed by atoms with Crippen LogP contribution in [0.5, 0.6) is 5.75 Å². The Morgan fingerprint density at radius 1 is 1.05 bits per heavy atom. The fraction of sp³-hybridized carbons (Fsp3) is 0.464. The molecule has 40 heavy (non-hydrogen) atoms. The van der Waals surface area contributed by atoms with Crippen LogP contribution in [0.25, 0.3) is 0 Å². The molecule has 4 rings (SSSR count). The van der Waals surface area contributed by atoms with Crippen LogP contribution in [0.3, 0.4) is 0 Å². The van der Waals surface area contributed by atoms with Gasteiger partial charge in [-0.25, -0.2) is 4.79 Å². The number of carbonyl (C=O) groups excluding carboxylic acids is 2. The molecule has 216 valence electrons. The van der Waals surface area contributed by atoms with Gasteiger partial charge in [-0.15, -0.1) is 0 Å². The topological polar surface area (TPSA) is 131 Å². The Balaban J connectivity index is 1.43. The van der Waals surface area contributed by atoms with Gasteiger partial charge < -0.3 is 35.4 Å². The number of aliphatic hydroxyl groups excluding tert-OH is 1. The first kappa shape index (κ1) is 29.9. The number of carboxylic acid groups (broad SMARTS) is 1. The quantitative estimate of drug-likeness (QED) is 0.365. The minimum Gasteiger partial charge on any atom is -0.478 e. The fourth-order valence-electron chi connectivity index (χ4n) is 4.97. The number of hydrogen-bond acceptors (Lipinski definition) is 7. The van der Waals surface area contributed by atoms with Crippen molar-refractivity contribution in [2.75, 3.05) is 36.4 Å². The van der Waals surface area contributed by atoms with E-state index >= 15 is 0 Å². The molecule has 10 nitrogen and oxygen atoms in total. The molecule has 12 heteroatoms. The standard InChI is InChI=1S/C28H34Cl2N4O6/c1-16(35)31-21-12-20(30)25(40-28(2,3)27(38)39)13-23(21)34-14-22(24(36)15-34)32-19-8-10-33(11-9-19)26(37)17-4-6-18(29)7-5-17/h4-7,12-13,19,22,24,32,36H,8-11,14-15H2,1-3H3,(H,31,35)(H,38,39)/t22?,24-/m1/s1. The van der Waals surface area contributed by atoms with Crippen LogP contribution in [0.1, 0.15) is 44.0 Å². The van der Waals surface area contributed by atoms with Gasteiger partial charge in [0.05, 0.1) is 28.5 Å². The molecule has 2 aromatic carbocycles. The van der Waals surface area contributed by atoms with E-state index in [1.807, 2.05) is 9.80 Å². The predicted molar refractivity (Wildman–Crippen MR) is 154 cm³/mol. The van der Waals surface area contributed by atoms with Crippen molar-refractivity contribution < 1.29 is 29.3 Å². The zero-order valence-electron chi connectivity index (χ0n) is 22.6. The third kappa shape index (κ3) is 6.98. The van der Waals surface area contributed by atoms with Crippen molar-refractivity contribution in [2.24, 2.45) is 0 Å². The van der Waals surface area contributed by atoms with Gasteiger partial charge in [0, 0.05) is 55.8 Å². The van der Waals surface area contributed by atoms with Gasteiger partial charge in [-0.05, 0) is 57.0 Å². The summed E-state index contributed by atoms with van der Waals surface area (Å²) < 4.78 is 5.71. The lowest BCUT2D eigenvalue weighted by molar-refractivity contribution is -0.152. The highest BCUT2D eigenvalue weighted by atomic mass is 35.5. The molecule has 2 aromatic rings. The number of carbonyl (C=O) groups is 3. The molecule has 0 saturated carbocycles. The average Bonchev–Trinajstić information content (AvgIpc) is 3.25. The van der Waals surface area contributed by atoms with E-state index in [0.717, 1.165) is 12.8 Å². The predicted octanol–water partition coefficient (Wildman–Crippen LogP) is 3.64. The number of carboxylic acids is 1. The number of rotatable bonds is 8. The second-order valence-electron chi connectivity index (χ2n) is 10.7. The summed E-state index contributed by atoms with van der Waals surface area (Å²) in [5.74, 6) is -1.33. The number of hydrogen-bond donors (Lipinski definition) is 4. The van der Waals surface area contributed by atoms with E-state index < -0.39 is 17.7 Å². The summed E-state index contributed by atoms with van der Waals surface area (Å²) in [5, 5.41) is 27.4. The van der Waals surface area contributed by atoms with Crippen LogP contribution in [0.4, 0.5) is 11.4 Å². The van der Waals surface area contributed by atoms with Crippen LogP contribution in [0.2, 0.25) is 10.0 Å². The van der Waals surface area contributed by atoms with Gasteiger partial charge in [0.15, 0.2) is 5.60 Å². The zero-order valence-corrected chi connectivity index (χ0v) is 24.1. The van der Waals surface area contributed by atoms with E-state index in [2.05, 4.69) is 10.6 Å². The van der Waals surface area contributed by atoms with Gasteiger partial charge in [-0.2, -0.15) is 0 Å². The second kappa shape index (κ2) is 12.2. The molecule has 0 radical (unpaired) electrons. The third-order valence-corrected chi connectivity index (χ3v) is 7.74. The lowest BCUT2D eigenvalue weighted by atomic mass is 10.0. The SMILES string of the molecule is CC(=O)Nc1cc(Cl)c(OC(C)(C)C(=O)O)cc1N1CC(NC2CCN(C(=O)c3ccc(Cl)cc3)CC2)[C@H](O)C1. The molecule has 2 amide bonds. The Hall–Kier alpha value is -3.05. The van der Waals surface area contributed by atoms with Crippen LogP contribution in [-0.2, 0) is 9.59 Å². The number of β-amino-alcohol motifs (C(OH)–C–C–N with tert-alkyl or cyclic N) is 1. The molecule has 2 aliphatic rings. The number of benzene rings is 2. The Kier molecular flexibility index (Phi) is 9.14. The largest absolute Gasteiger partial charge is 0.478 e. The van der Waals surface area contributed by atoms with Crippen LogP contribution < -0.4 is 20.3 Å². The summed E-state index contributed by atoms with van der Waals surface area (Å²) in [6.45, 7) is 6.11. The normalized spacial score (nSPS) is 19.9. The highest BCUT2D eigenvalue weighted by molar-refractivity contribution is 6.32. The molecule has 2 heterocycles. The van der Waals surface area contributed by atoms with Gasteiger partial charge in [-0.1, -0.05) is 23.2 Å².